The van der Waals surface area contributed by atoms with E-state index in [-0.39, 0.29) is 12.5 Å². The molecule has 110 valence electrons. The van der Waals surface area contributed by atoms with Crippen molar-refractivity contribution in [2.24, 2.45) is 5.92 Å². The molecule has 0 heterocycles. The molecule has 20 heavy (non-hydrogen) atoms. The minimum absolute atomic E-state index is 0.00747. The third kappa shape index (κ3) is 4.27. The lowest BCUT2D eigenvalue weighted by molar-refractivity contribution is -0.121. The van der Waals surface area contributed by atoms with Gasteiger partial charge in [-0.15, -0.1) is 0 Å². The van der Waals surface area contributed by atoms with Crippen LogP contribution in [-0.4, -0.2) is 19.1 Å². The quantitative estimate of drug-likeness (QED) is 0.814. The molecule has 1 saturated carbocycles. The molecule has 0 atom stereocenters. The van der Waals surface area contributed by atoms with Crippen molar-refractivity contribution in [3.05, 3.63) is 22.2 Å². The van der Waals surface area contributed by atoms with Gasteiger partial charge in [0.05, 0.1) is 22.3 Å². The number of amides is 1. The molecule has 1 aliphatic rings. The van der Waals surface area contributed by atoms with Crippen LogP contribution in [0.3, 0.4) is 0 Å². The average molecular weight is 317 g/mol. The molecule has 4 nitrogen and oxygen atoms in total. The van der Waals surface area contributed by atoms with E-state index in [0.717, 1.165) is 0 Å². The van der Waals surface area contributed by atoms with Crippen LogP contribution in [0.15, 0.2) is 12.1 Å². The van der Waals surface area contributed by atoms with Crippen LogP contribution < -0.4 is 11.1 Å². The van der Waals surface area contributed by atoms with Crippen molar-refractivity contribution < 1.29 is 9.53 Å². The van der Waals surface area contributed by atoms with Crippen molar-refractivity contribution in [1.82, 2.24) is 0 Å². The minimum Gasteiger partial charge on any atom is -0.399 e. The summed E-state index contributed by atoms with van der Waals surface area (Å²) in [5.74, 6) is 0.322. The number of hydrogen-bond donors (Lipinski definition) is 2. The SMILES string of the molecule is Nc1cc(Cl)c(NC(=O)COCC2CCCC2)c(Cl)c1. The van der Waals surface area contributed by atoms with Crippen LogP contribution in [0, 0.1) is 5.92 Å². The van der Waals surface area contributed by atoms with Gasteiger partial charge in [0.2, 0.25) is 5.91 Å². The van der Waals surface area contributed by atoms with Crippen molar-refractivity contribution in [2.45, 2.75) is 25.7 Å². The van der Waals surface area contributed by atoms with Gasteiger partial charge in [0, 0.05) is 5.69 Å². The number of hydrogen-bond acceptors (Lipinski definition) is 3. The van der Waals surface area contributed by atoms with Gasteiger partial charge in [-0.3, -0.25) is 4.79 Å². The fraction of sp³-hybridized carbons (Fsp3) is 0.500. The predicted molar refractivity (Wildman–Crippen MR) is 82.3 cm³/mol. The zero-order valence-electron chi connectivity index (χ0n) is 11.1. The molecule has 1 aromatic carbocycles. The standard InChI is InChI=1S/C14H18Cl2N2O2/c15-11-5-10(17)6-12(16)14(11)18-13(19)8-20-7-9-3-1-2-4-9/h5-6,9H,1-4,7-8,17H2,(H,18,19). The molecule has 0 spiro atoms. The highest BCUT2D eigenvalue weighted by Crippen LogP contribution is 2.32. The topological polar surface area (TPSA) is 64.3 Å². The van der Waals surface area contributed by atoms with Crippen molar-refractivity contribution in [3.63, 3.8) is 0 Å². The number of carbonyl (C=O) groups is 1. The molecule has 3 N–H and O–H groups in total. The lowest BCUT2D eigenvalue weighted by Gasteiger charge is -2.12. The molecular formula is C14H18Cl2N2O2. The van der Waals surface area contributed by atoms with Crippen LogP contribution >= 0.6 is 23.2 Å². The number of nitrogens with two attached hydrogens (primary N) is 1. The third-order valence-electron chi connectivity index (χ3n) is 3.39. The second-order valence-corrected chi connectivity index (χ2v) is 5.89. The van der Waals surface area contributed by atoms with Gasteiger partial charge in [-0.25, -0.2) is 0 Å². The molecule has 0 saturated heterocycles. The molecule has 0 aliphatic heterocycles. The molecule has 0 aromatic heterocycles. The number of nitrogens with one attached hydrogen (secondary N) is 1. The highest BCUT2D eigenvalue weighted by atomic mass is 35.5. The monoisotopic (exact) mass is 316 g/mol. The van der Waals surface area contributed by atoms with Crippen molar-refractivity contribution in [1.29, 1.82) is 0 Å². The van der Waals surface area contributed by atoms with Gasteiger partial charge in [0.15, 0.2) is 0 Å². The number of ether oxygens (including phenoxy) is 1. The van der Waals surface area contributed by atoms with Crippen LogP contribution in [-0.2, 0) is 9.53 Å². The Morgan fingerprint density at radius 2 is 1.90 bits per heavy atom. The second-order valence-electron chi connectivity index (χ2n) is 5.07. The smallest absolute Gasteiger partial charge is 0.250 e. The first-order chi connectivity index (χ1) is 9.56. The minimum atomic E-state index is -0.267. The Bertz CT molecular complexity index is 465. The molecule has 1 aromatic rings. The first kappa shape index (κ1) is 15.4. The first-order valence-corrected chi connectivity index (χ1v) is 7.44. The third-order valence-corrected chi connectivity index (χ3v) is 3.99. The Morgan fingerprint density at radius 3 is 2.50 bits per heavy atom. The lowest BCUT2D eigenvalue weighted by atomic mass is 10.1. The summed E-state index contributed by atoms with van der Waals surface area (Å²) in [4.78, 5) is 11.8. The van der Waals surface area contributed by atoms with Gasteiger partial charge >= 0.3 is 0 Å². The highest BCUT2D eigenvalue weighted by molar-refractivity contribution is 6.40. The number of carbonyl (C=O) groups excluding carboxylic acids is 1. The van der Waals surface area contributed by atoms with Crippen molar-refractivity contribution in [2.75, 3.05) is 24.3 Å². The summed E-state index contributed by atoms with van der Waals surface area (Å²) in [5.41, 5.74) is 6.43. The average Bonchev–Trinajstić information content (AvgIpc) is 2.87. The molecule has 0 radical (unpaired) electrons. The van der Waals surface area contributed by atoms with Crippen molar-refractivity contribution >= 4 is 40.5 Å². The lowest BCUT2D eigenvalue weighted by Crippen LogP contribution is -2.20. The van der Waals surface area contributed by atoms with E-state index in [1.165, 1.54) is 25.7 Å². The van der Waals surface area contributed by atoms with E-state index in [2.05, 4.69) is 5.32 Å². The van der Waals surface area contributed by atoms with E-state index < -0.39 is 0 Å². The summed E-state index contributed by atoms with van der Waals surface area (Å²) in [5, 5.41) is 3.29. The Balaban J connectivity index is 1.82. The van der Waals surface area contributed by atoms with E-state index in [0.29, 0.717) is 33.9 Å². The number of rotatable bonds is 5. The summed E-state index contributed by atoms with van der Waals surface area (Å²) >= 11 is 12.0. The maximum Gasteiger partial charge on any atom is 0.250 e. The van der Waals surface area contributed by atoms with Gasteiger partial charge in [0.1, 0.15) is 6.61 Å². The molecule has 1 amide bonds. The zero-order chi connectivity index (χ0) is 14.5. The Labute approximate surface area is 128 Å². The fourth-order valence-corrected chi connectivity index (χ4v) is 2.98. The molecule has 0 unspecified atom stereocenters. The normalized spacial score (nSPS) is 15.5. The Kier molecular flexibility index (Phi) is 5.52. The van der Waals surface area contributed by atoms with E-state index in [1.54, 1.807) is 12.1 Å². The second kappa shape index (κ2) is 7.16. The van der Waals surface area contributed by atoms with Gasteiger partial charge in [-0.1, -0.05) is 36.0 Å². The summed E-state index contributed by atoms with van der Waals surface area (Å²) in [6.45, 7) is 0.643. The molecule has 0 bridgehead atoms. The van der Waals surface area contributed by atoms with Crippen LogP contribution in [0.5, 0.6) is 0 Å². The Hall–Kier alpha value is -0.970. The van der Waals surface area contributed by atoms with Gasteiger partial charge in [-0.05, 0) is 30.9 Å². The number of benzene rings is 1. The molecular weight excluding hydrogens is 299 g/mol. The van der Waals surface area contributed by atoms with Gasteiger partial charge in [0.25, 0.3) is 0 Å². The number of anilines is 2. The predicted octanol–water partition coefficient (Wildman–Crippen LogP) is 3.72. The van der Waals surface area contributed by atoms with Crippen LogP contribution in [0.2, 0.25) is 10.0 Å². The molecule has 2 rings (SSSR count). The maximum atomic E-state index is 11.8. The zero-order valence-corrected chi connectivity index (χ0v) is 12.6. The van der Waals surface area contributed by atoms with Crippen LogP contribution in [0.1, 0.15) is 25.7 Å². The van der Waals surface area contributed by atoms with Gasteiger partial charge in [-0.2, -0.15) is 0 Å². The van der Waals surface area contributed by atoms with E-state index in [4.69, 9.17) is 33.7 Å². The van der Waals surface area contributed by atoms with Crippen LogP contribution in [0.25, 0.3) is 0 Å². The van der Waals surface area contributed by atoms with E-state index in [1.807, 2.05) is 0 Å². The number of halogens is 2. The highest BCUT2D eigenvalue weighted by Gasteiger charge is 2.16. The summed E-state index contributed by atoms with van der Waals surface area (Å²) in [6.07, 6.45) is 4.90. The summed E-state index contributed by atoms with van der Waals surface area (Å²) in [7, 11) is 0. The van der Waals surface area contributed by atoms with E-state index >= 15 is 0 Å². The largest absolute Gasteiger partial charge is 0.399 e. The summed E-state index contributed by atoms with van der Waals surface area (Å²) in [6, 6.07) is 3.09. The Morgan fingerprint density at radius 1 is 1.30 bits per heavy atom. The fourth-order valence-electron chi connectivity index (χ4n) is 2.38. The van der Waals surface area contributed by atoms with Crippen molar-refractivity contribution in [3.8, 4) is 0 Å². The maximum absolute atomic E-state index is 11.8. The molecule has 6 heteroatoms. The number of nitrogen functional groups attached to an aromatic ring is 1. The first-order valence-electron chi connectivity index (χ1n) is 6.68. The van der Waals surface area contributed by atoms with Gasteiger partial charge < -0.3 is 15.8 Å². The molecule has 1 fully saturated rings. The van der Waals surface area contributed by atoms with E-state index in [9.17, 15) is 4.79 Å². The summed E-state index contributed by atoms with van der Waals surface area (Å²) < 4.78 is 5.43. The molecule has 1 aliphatic carbocycles. The van der Waals surface area contributed by atoms with Crippen LogP contribution in [0.4, 0.5) is 11.4 Å².